The SMILES string of the molecule is CCCCCCOc1ccc(NC(=O)Nc2ccc(Cl)cc2)cc1. The average Bonchev–Trinajstić information content (AvgIpc) is 2.58. The van der Waals surface area contributed by atoms with Gasteiger partial charge in [0.15, 0.2) is 0 Å². The molecule has 0 atom stereocenters. The summed E-state index contributed by atoms with van der Waals surface area (Å²) >= 11 is 5.81. The van der Waals surface area contributed by atoms with Crippen LogP contribution in [-0.2, 0) is 0 Å². The van der Waals surface area contributed by atoms with E-state index in [0.717, 1.165) is 18.8 Å². The fourth-order valence-corrected chi connectivity index (χ4v) is 2.31. The van der Waals surface area contributed by atoms with Crippen LogP contribution in [0.3, 0.4) is 0 Å². The summed E-state index contributed by atoms with van der Waals surface area (Å²) in [6.07, 6.45) is 4.73. The lowest BCUT2D eigenvalue weighted by atomic mass is 10.2. The summed E-state index contributed by atoms with van der Waals surface area (Å²) in [6.45, 7) is 2.92. The lowest BCUT2D eigenvalue weighted by molar-refractivity contribution is 0.262. The molecule has 0 heterocycles. The molecule has 5 heteroatoms. The fraction of sp³-hybridized carbons (Fsp3) is 0.316. The molecule has 2 rings (SSSR count). The van der Waals surface area contributed by atoms with Gasteiger partial charge in [-0.05, 0) is 55.0 Å². The van der Waals surface area contributed by atoms with Crippen molar-refractivity contribution in [3.8, 4) is 5.75 Å². The number of hydrogen-bond acceptors (Lipinski definition) is 2. The standard InChI is InChI=1S/C19H23ClN2O2/c1-2-3-4-5-14-24-18-12-10-17(11-13-18)22-19(23)21-16-8-6-15(20)7-9-16/h6-13H,2-5,14H2,1H3,(H2,21,22,23). The highest BCUT2D eigenvalue weighted by atomic mass is 35.5. The Morgan fingerprint density at radius 3 is 2.08 bits per heavy atom. The van der Waals surface area contributed by atoms with E-state index in [1.54, 1.807) is 24.3 Å². The number of benzene rings is 2. The van der Waals surface area contributed by atoms with E-state index in [0.29, 0.717) is 16.4 Å². The zero-order valence-corrected chi connectivity index (χ0v) is 14.6. The minimum Gasteiger partial charge on any atom is -0.494 e. The van der Waals surface area contributed by atoms with Crippen molar-refractivity contribution >= 4 is 29.0 Å². The molecule has 0 fully saturated rings. The second-order valence-corrected chi connectivity index (χ2v) is 5.96. The lowest BCUT2D eigenvalue weighted by Crippen LogP contribution is -2.19. The molecule has 4 nitrogen and oxygen atoms in total. The molecule has 24 heavy (non-hydrogen) atoms. The second kappa shape index (κ2) is 9.83. The summed E-state index contributed by atoms with van der Waals surface area (Å²) in [4.78, 5) is 11.9. The van der Waals surface area contributed by atoms with Crippen LogP contribution >= 0.6 is 11.6 Å². The number of carbonyl (C=O) groups is 1. The zero-order chi connectivity index (χ0) is 17.2. The Morgan fingerprint density at radius 2 is 1.50 bits per heavy atom. The average molecular weight is 347 g/mol. The summed E-state index contributed by atoms with van der Waals surface area (Å²) in [5, 5.41) is 6.15. The molecule has 0 bridgehead atoms. The number of halogens is 1. The van der Waals surface area contributed by atoms with Gasteiger partial charge in [-0.2, -0.15) is 0 Å². The van der Waals surface area contributed by atoms with Crippen molar-refractivity contribution in [2.75, 3.05) is 17.2 Å². The second-order valence-electron chi connectivity index (χ2n) is 5.52. The van der Waals surface area contributed by atoms with E-state index in [1.807, 2.05) is 24.3 Å². The molecule has 2 N–H and O–H groups in total. The van der Waals surface area contributed by atoms with Crippen LogP contribution in [0.2, 0.25) is 5.02 Å². The van der Waals surface area contributed by atoms with E-state index in [9.17, 15) is 4.79 Å². The first-order valence-corrected chi connectivity index (χ1v) is 8.61. The van der Waals surface area contributed by atoms with Crippen LogP contribution in [0.25, 0.3) is 0 Å². The molecule has 0 aromatic heterocycles. The van der Waals surface area contributed by atoms with E-state index in [-0.39, 0.29) is 6.03 Å². The van der Waals surface area contributed by atoms with Crippen LogP contribution in [-0.4, -0.2) is 12.6 Å². The third kappa shape index (κ3) is 6.50. The molecule has 0 saturated heterocycles. The van der Waals surface area contributed by atoms with Gasteiger partial charge in [-0.3, -0.25) is 0 Å². The van der Waals surface area contributed by atoms with Gasteiger partial charge < -0.3 is 15.4 Å². The maximum atomic E-state index is 11.9. The van der Waals surface area contributed by atoms with Gasteiger partial charge in [0.25, 0.3) is 0 Å². The van der Waals surface area contributed by atoms with Crippen molar-refractivity contribution in [1.82, 2.24) is 0 Å². The van der Waals surface area contributed by atoms with Crippen molar-refractivity contribution in [3.63, 3.8) is 0 Å². The predicted molar refractivity (Wildman–Crippen MR) is 100 cm³/mol. The molecule has 2 aromatic carbocycles. The topological polar surface area (TPSA) is 50.4 Å². The Balaban J connectivity index is 1.76. The van der Waals surface area contributed by atoms with Crippen molar-refractivity contribution in [2.45, 2.75) is 32.6 Å². The first-order valence-electron chi connectivity index (χ1n) is 8.24. The molecular weight excluding hydrogens is 324 g/mol. The largest absolute Gasteiger partial charge is 0.494 e. The van der Waals surface area contributed by atoms with E-state index >= 15 is 0 Å². The summed E-state index contributed by atoms with van der Waals surface area (Å²) in [7, 11) is 0. The summed E-state index contributed by atoms with van der Waals surface area (Å²) in [5.41, 5.74) is 1.39. The van der Waals surface area contributed by atoms with Gasteiger partial charge in [0.1, 0.15) is 5.75 Å². The third-order valence-corrected chi connectivity index (χ3v) is 3.73. The van der Waals surface area contributed by atoms with Gasteiger partial charge in [-0.1, -0.05) is 37.8 Å². The minimum atomic E-state index is -0.300. The maximum Gasteiger partial charge on any atom is 0.323 e. The number of nitrogens with one attached hydrogen (secondary N) is 2. The van der Waals surface area contributed by atoms with Crippen LogP contribution in [0, 0.1) is 0 Å². The summed E-state index contributed by atoms with van der Waals surface area (Å²) < 4.78 is 5.68. The van der Waals surface area contributed by atoms with Crippen LogP contribution in [0.4, 0.5) is 16.2 Å². The molecule has 0 aliphatic heterocycles. The van der Waals surface area contributed by atoms with Crippen LogP contribution in [0.15, 0.2) is 48.5 Å². The molecule has 0 aliphatic rings. The van der Waals surface area contributed by atoms with Gasteiger partial charge in [0, 0.05) is 16.4 Å². The van der Waals surface area contributed by atoms with Gasteiger partial charge in [-0.25, -0.2) is 4.79 Å². The summed E-state index contributed by atoms with van der Waals surface area (Å²) in [6, 6.07) is 14.0. The normalized spacial score (nSPS) is 10.2. The number of carbonyl (C=O) groups excluding carboxylic acids is 1. The Hall–Kier alpha value is -2.20. The molecule has 0 aliphatic carbocycles. The molecule has 0 radical (unpaired) electrons. The van der Waals surface area contributed by atoms with Gasteiger partial charge in [-0.15, -0.1) is 0 Å². The van der Waals surface area contributed by atoms with Gasteiger partial charge in [0.05, 0.1) is 6.61 Å². The minimum absolute atomic E-state index is 0.300. The summed E-state index contributed by atoms with van der Waals surface area (Å²) in [5.74, 6) is 0.815. The van der Waals surface area contributed by atoms with Gasteiger partial charge in [0.2, 0.25) is 0 Å². The monoisotopic (exact) mass is 346 g/mol. The highest BCUT2D eigenvalue weighted by Crippen LogP contribution is 2.17. The van der Waals surface area contributed by atoms with Crippen molar-refractivity contribution < 1.29 is 9.53 Å². The number of ether oxygens (including phenoxy) is 1. The van der Waals surface area contributed by atoms with Crippen LogP contribution < -0.4 is 15.4 Å². The quantitative estimate of drug-likeness (QED) is 0.581. The van der Waals surface area contributed by atoms with E-state index in [2.05, 4.69) is 17.6 Å². The Morgan fingerprint density at radius 1 is 0.917 bits per heavy atom. The number of amides is 2. The molecule has 128 valence electrons. The molecule has 2 aromatic rings. The lowest BCUT2D eigenvalue weighted by Gasteiger charge is -2.09. The Bertz CT molecular complexity index is 627. The molecule has 2 amide bonds. The van der Waals surface area contributed by atoms with E-state index in [4.69, 9.17) is 16.3 Å². The molecule has 0 unspecified atom stereocenters. The smallest absolute Gasteiger partial charge is 0.323 e. The maximum absolute atomic E-state index is 11.9. The van der Waals surface area contributed by atoms with Crippen LogP contribution in [0.5, 0.6) is 5.75 Å². The number of rotatable bonds is 8. The molecular formula is C19H23ClN2O2. The Labute approximate surface area is 148 Å². The van der Waals surface area contributed by atoms with Gasteiger partial charge >= 0.3 is 6.03 Å². The van der Waals surface area contributed by atoms with Crippen molar-refractivity contribution in [1.29, 1.82) is 0 Å². The highest BCUT2D eigenvalue weighted by Gasteiger charge is 2.03. The van der Waals surface area contributed by atoms with Crippen molar-refractivity contribution in [2.24, 2.45) is 0 Å². The van der Waals surface area contributed by atoms with E-state index in [1.165, 1.54) is 19.3 Å². The molecule has 0 spiro atoms. The predicted octanol–water partition coefficient (Wildman–Crippen LogP) is 5.94. The first-order chi connectivity index (χ1) is 11.7. The van der Waals surface area contributed by atoms with E-state index < -0.39 is 0 Å². The van der Waals surface area contributed by atoms with Crippen LogP contribution in [0.1, 0.15) is 32.6 Å². The number of unbranched alkanes of at least 4 members (excludes halogenated alkanes) is 3. The Kier molecular flexibility index (Phi) is 7.43. The number of hydrogen-bond donors (Lipinski definition) is 2. The molecule has 0 saturated carbocycles. The third-order valence-electron chi connectivity index (χ3n) is 3.48. The zero-order valence-electron chi connectivity index (χ0n) is 13.8. The number of urea groups is 1. The first kappa shape index (κ1) is 18.1. The fourth-order valence-electron chi connectivity index (χ4n) is 2.18. The number of anilines is 2. The highest BCUT2D eigenvalue weighted by molar-refractivity contribution is 6.30. The van der Waals surface area contributed by atoms with Crippen molar-refractivity contribution in [3.05, 3.63) is 53.6 Å².